The number of rotatable bonds is 5. The molecule has 3 rings (SSSR count). The smallest absolute Gasteiger partial charge is 0.336 e. The Hall–Kier alpha value is -3.01. The maximum Gasteiger partial charge on any atom is 0.336 e. The number of carbonyl (C=O) groups is 1. The largest absolute Gasteiger partial charge is 0.423 e. The maximum absolute atomic E-state index is 12.0. The van der Waals surface area contributed by atoms with Crippen molar-refractivity contribution in [2.24, 2.45) is 11.7 Å². The third kappa shape index (κ3) is 7.30. The second-order valence-electron chi connectivity index (χ2n) is 7.97. The van der Waals surface area contributed by atoms with Gasteiger partial charge in [0.05, 0.1) is 10.9 Å². The second kappa shape index (κ2) is 10.5. The molecule has 3 aromatic rings. The lowest BCUT2D eigenvalue weighted by molar-refractivity contribution is -0.117. The Morgan fingerprint density at radius 2 is 1.72 bits per heavy atom. The lowest BCUT2D eigenvalue weighted by Crippen LogP contribution is -2.36. The molecule has 1 heterocycles. The van der Waals surface area contributed by atoms with E-state index in [2.05, 4.69) is 5.32 Å². The van der Waals surface area contributed by atoms with Gasteiger partial charge in [-0.15, -0.1) is 0 Å². The Morgan fingerprint density at radius 1 is 1.09 bits per heavy atom. The van der Waals surface area contributed by atoms with Crippen molar-refractivity contribution in [2.75, 3.05) is 5.32 Å². The third-order valence-corrected chi connectivity index (χ3v) is 5.47. The van der Waals surface area contributed by atoms with Crippen molar-refractivity contribution in [1.82, 2.24) is 0 Å². The number of amides is 1. The van der Waals surface area contributed by atoms with Gasteiger partial charge in [0.15, 0.2) is 0 Å². The Morgan fingerprint density at radius 3 is 2.28 bits per heavy atom. The number of aryl methyl sites for hydroxylation is 2. The lowest BCUT2D eigenvalue weighted by atomic mass is 10.0. The number of hydrogen-bond acceptors (Lipinski definition) is 6. The molecule has 1 unspecified atom stereocenters. The molecule has 0 fully saturated rings. The van der Waals surface area contributed by atoms with E-state index in [0.717, 1.165) is 16.5 Å². The molecule has 172 valence electrons. The molecule has 8 nitrogen and oxygen atoms in total. The number of fused-ring (bicyclic) bond motifs is 1. The van der Waals surface area contributed by atoms with E-state index in [-0.39, 0.29) is 10.8 Å². The summed E-state index contributed by atoms with van der Waals surface area (Å²) in [7, 11) is -4.02. The van der Waals surface area contributed by atoms with E-state index < -0.39 is 21.8 Å². The van der Waals surface area contributed by atoms with Crippen LogP contribution in [0.1, 0.15) is 31.4 Å². The zero-order valence-corrected chi connectivity index (χ0v) is 19.3. The number of hydrogen-bond donors (Lipinski definition) is 3. The highest BCUT2D eigenvalue weighted by molar-refractivity contribution is 7.85. The zero-order valence-electron chi connectivity index (χ0n) is 18.5. The van der Waals surface area contributed by atoms with Crippen molar-refractivity contribution < 1.29 is 22.2 Å². The van der Waals surface area contributed by atoms with Gasteiger partial charge in [-0.25, -0.2) is 4.79 Å². The predicted octanol–water partition coefficient (Wildman–Crippen LogP) is 3.66. The average molecular weight is 461 g/mol. The summed E-state index contributed by atoms with van der Waals surface area (Å²) in [6.07, 6.45) is 0.619. The number of anilines is 1. The SMILES string of the molecule is Cc1cc(=O)oc2cc(NC(=O)C(N)CC(C)C)ccc12.Cc1ccc(S(=O)(=O)O)cc1. The molecule has 2 aromatic carbocycles. The minimum atomic E-state index is -4.02. The number of carbonyl (C=O) groups excluding carboxylic acids is 1. The normalized spacial score (nSPS) is 12.2. The van der Waals surface area contributed by atoms with Gasteiger partial charge in [-0.05, 0) is 56.0 Å². The van der Waals surface area contributed by atoms with Crippen molar-refractivity contribution >= 4 is 32.7 Å². The topological polar surface area (TPSA) is 140 Å². The molecule has 4 N–H and O–H groups in total. The van der Waals surface area contributed by atoms with Crippen LogP contribution < -0.4 is 16.7 Å². The monoisotopic (exact) mass is 460 g/mol. The van der Waals surface area contributed by atoms with Crippen LogP contribution in [0.15, 0.2) is 62.6 Å². The van der Waals surface area contributed by atoms with Crippen molar-refractivity contribution in [2.45, 2.75) is 45.1 Å². The molecule has 1 aromatic heterocycles. The van der Waals surface area contributed by atoms with E-state index in [1.165, 1.54) is 18.2 Å². The standard InChI is InChI=1S/C16H20N2O3.C7H8O3S/c1-9(2)6-13(17)16(20)18-11-4-5-12-10(3)7-15(19)21-14(12)8-11;1-6-2-4-7(5-3-6)11(8,9)10/h4-5,7-9,13H,6,17H2,1-3H3,(H,18,20);2-5H,1H3,(H,8,9,10). The highest BCUT2D eigenvalue weighted by Crippen LogP contribution is 2.21. The quantitative estimate of drug-likeness (QED) is 0.390. The van der Waals surface area contributed by atoms with Crippen LogP contribution in [0.25, 0.3) is 11.0 Å². The summed E-state index contributed by atoms with van der Waals surface area (Å²) >= 11 is 0. The second-order valence-corrected chi connectivity index (χ2v) is 9.39. The molecular formula is C23H28N2O6S. The minimum absolute atomic E-state index is 0.0666. The van der Waals surface area contributed by atoms with Crippen molar-refractivity contribution in [1.29, 1.82) is 0 Å². The van der Waals surface area contributed by atoms with Crippen molar-refractivity contribution in [3.8, 4) is 0 Å². The fraction of sp³-hybridized carbons (Fsp3) is 0.304. The van der Waals surface area contributed by atoms with Crippen molar-refractivity contribution in [3.63, 3.8) is 0 Å². The highest BCUT2D eigenvalue weighted by Gasteiger charge is 2.15. The van der Waals surface area contributed by atoms with E-state index in [1.54, 1.807) is 24.3 Å². The van der Waals surface area contributed by atoms with Gasteiger partial charge in [-0.1, -0.05) is 31.5 Å². The van der Waals surface area contributed by atoms with E-state index >= 15 is 0 Å². The van der Waals surface area contributed by atoms with E-state index in [4.69, 9.17) is 14.7 Å². The summed E-state index contributed by atoms with van der Waals surface area (Å²) in [5.41, 5.74) is 8.26. The maximum atomic E-state index is 12.0. The van der Waals surface area contributed by atoms with Crippen LogP contribution in [0.3, 0.4) is 0 Å². The Kier molecular flexibility index (Phi) is 8.31. The van der Waals surface area contributed by atoms with Crippen LogP contribution in [-0.2, 0) is 14.9 Å². The van der Waals surface area contributed by atoms with E-state index in [1.807, 2.05) is 33.8 Å². The molecule has 0 aliphatic heterocycles. The molecule has 0 aliphatic carbocycles. The van der Waals surface area contributed by atoms with E-state index in [9.17, 15) is 18.0 Å². The molecule has 1 amide bonds. The van der Waals surface area contributed by atoms with Crippen LogP contribution >= 0.6 is 0 Å². The van der Waals surface area contributed by atoms with Crippen LogP contribution in [0.5, 0.6) is 0 Å². The first-order valence-electron chi connectivity index (χ1n) is 10.0. The van der Waals surface area contributed by atoms with Gasteiger partial charge in [0.1, 0.15) is 5.58 Å². The van der Waals surface area contributed by atoms with Gasteiger partial charge in [0, 0.05) is 23.2 Å². The Balaban J connectivity index is 0.000000278. The van der Waals surface area contributed by atoms with Crippen LogP contribution in [-0.4, -0.2) is 24.9 Å². The molecule has 32 heavy (non-hydrogen) atoms. The summed E-state index contributed by atoms with van der Waals surface area (Å²) in [6.45, 7) is 7.71. The third-order valence-electron chi connectivity index (χ3n) is 4.60. The fourth-order valence-corrected chi connectivity index (χ4v) is 3.44. The molecule has 0 radical (unpaired) electrons. The minimum Gasteiger partial charge on any atom is -0.423 e. The van der Waals surface area contributed by atoms with Gasteiger partial charge in [-0.2, -0.15) is 8.42 Å². The average Bonchev–Trinajstić information content (AvgIpc) is 2.67. The summed E-state index contributed by atoms with van der Waals surface area (Å²) in [6, 6.07) is 12.1. The molecule has 0 spiro atoms. The Bertz CT molecular complexity index is 1250. The molecule has 0 saturated heterocycles. The molecule has 9 heteroatoms. The summed E-state index contributed by atoms with van der Waals surface area (Å²) in [5.74, 6) is 0.112. The molecule has 1 atom stereocenters. The van der Waals surface area contributed by atoms with Crippen LogP contribution in [0.4, 0.5) is 5.69 Å². The van der Waals surface area contributed by atoms with Gasteiger partial charge < -0.3 is 15.5 Å². The summed E-state index contributed by atoms with van der Waals surface area (Å²) in [5, 5.41) is 3.60. The summed E-state index contributed by atoms with van der Waals surface area (Å²) in [4.78, 5) is 23.3. The van der Waals surface area contributed by atoms with Crippen LogP contribution in [0.2, 0.25) is 0 Å². The molecule has 0 bridgehead atoms. The fourth-order valence-electron chi connectivity index (χ4n) is 2.96. The van der Waals surface area contributed by atoms with Crippen molar-refractivity contribution in [3.05, 3.63) is 70.1 Å². The number of nitrogens with one attached hydrogen (secondary N) is 1. The first kappa shape index (κ1) is 25.3. The Labute approximate surface area is 187 Å². The number of nitrogens with two attached hydrogens (primary N) is 1. The predicted molar refractivity (Wildman–Crippen MR) is 124 cm³/mol. The zero-order chi connectivity index (χ0) is 24.1. The van der Waals surface area contributed by atoms with Crippen LogP contribution in [0, 0.1) is 19.8 Å². The lowest BCUT2D eigenvalue weighted by Gasteiger charge is -2.14. The van der Waals surface area contributed by atoms with Gasteiger partial charge in [-0.3, -0.25) is 9.35 Å². The van der Waals surface area contributed by atoms with Gasteiger partial charge in [0.25, 0.3) is 10.1 Å². The molecular weight excluding hydrogens is 432 g/mol. The first-order chi connectivity index (χ1) is 14.9. The van der Waals surface area contributed by atoms with Gasteiger partial charge in [0.2, 0.25) is 5.91 Å². The van der Waals surface area contributed by atoms with E-state index in [0.29, 0.717) is 23.6 Å². The number of benzene rings is 2. The first-order valence-corrected chi connectivity index (χ1v) is 11.5. The summed E-state index contributed by atoms with van der Waals surface area (Å²) < 4.78 is 34.7. The molecule has 0 saturated carbocycles. The highest BCUT2D eigenvalue weighted by atomic mass is 32.2. The van der Waals surface area contributed by atoms with Gasteiger partial charge >= 0.3 is 5.63 Å². The molecule has 0 aliphatic rings.